The van der Waals surface area contributed by atoms with Gasteiger partial charge in [-0.1, -0.05) is 50.6 Å². The van der Waals surface area contributed by atoms with E-state index in [1.807, 2.05) is 6.20 Å². The zero-order valence-corrected chi connectivity index (χ0v) is 19.9. The summed E-state index contributed by atoms with van der Waals surface area (Å²) in [4.78, 5) is 4.93. The van der Waals surface area contributed by atoms with E-state index in [1.54, 1.807) is 0 Å². The van der Waals surface area contributed by atoms with Crippen molar-refractivity contribution in [3.8, 4) is 22.5 Å². The number of aromatic nitrogens is 2. The van der Waals surface area contributed by atoms with Crippen molar-refractivity contribution >= 4 is 10.9 Å². The van der Waals surface area contributed by atoms with E-state index in [1.165, 1.54) is 50.0 Å². The summed E-state index contributed by atoms with van der Waals surface area (Å²) in [6.07, 6.45) is 3.07. The Bertz CT molecular complexity index is 1260. The second-order valence-corrected chi connectivity index (χ2v) is 10.1. The molecule has 2 heteroatoms. The van der Waals surface area contributed by atoms with Crippen LogP contribution < -0.4 is 4.57 Å². The number of pyridine rings is 2. The summed E-state index contributed by atoms with van der Waals surface area (Å²) in [6.45, 7) is 13.4. The van der Waals surface area contributed by atoms with Crippen LogP contribution >= 0.6 is 0 Å². The minimum Gasteiger partial charge on any atom is -0.256 e. The molecule has 0 saturated carbocycles. The van der Waals surface area contributed by atoms with Crippen LogP contribution in [-0.2, 0) is 13.5 Å². The molecular formula is C29H33N2+. The molecule has 2 aromatic heterocycles. The molecule has 2 heterocycles. The number of fused-ring (bicyclic) bond motifs is 1. The minimum atomic E-state index is 0.250. The Kier molecular flexibility index (Phi) is 5.43. The van der Waals surface area contributed by atoms with Gasteiger partial charge in [-0.25, -0.2) is 0 Å². The molecule has 0 aliphatic rings. The lowest BCUT2D eigenvalue weighted by Gasteiger charge is -2.18. The highest BCUT2D eigenvalue weighted by atomic mass is 14.9. The van der Waals surface area contributed by atoms with Gasteiger partial charge in [0.15, 0.2) is 0 Å². The van der Waals surface area contributed by atoms with E-state index in [2.05, 4.69) is 108 Å². The predicted octanol–water partition coefficient (Wildman–Crippen LogP) is 6.91. The lowest BCUT2D eigenvalue weighted by atomic mass is 9.88. The van der Waals surface area contributed by atoms with Crippen LogP contribution in [0.3, 0.4) is 0 Å². The van der Waals surface area contributed by atoms with Crippen molar-refractivity contribution in [3.05, 3.63) is 83.0 Å². The van der Waals surface area contributed by atoms with Crippen molar-refractivity contribution in [1.29, 1.82) is 0 Å². The average Bonchev–Trinajstić information content (AvgIpc) is 2.70. The fourth-order valence-electron chi connectivity index (χ4n) is 4.55. The molecule has 158 valence electrons. The molecule has 0 saturated heterocycles. The van der Waals surface area contributed by atoms with Gasteiger partial charge >= 0.3 is 0 Å². The molecular weight excluding hydrogens is 376 g/mol. The molecule has 0 amide bonds. The SMILES string of the molecule is Cc1cc(C)c(C)c(-c2c(-c3ccc(CC(C)(C)C)cn3)cc3ccccc3[n+]2C)c1. The molecule has 0 spiro atoms. The number of rotatable bonds is 3. The van der Waals surface area contributed by atoms with Crippen LogP contribution in [0, 0.1) is 26.2 Å². The third-order valence-electron chi connectivity index (χ3n) is 6.09. The molecule has 0 radical (unpaired) electrons. The zero-order valence-electron chi connectivity index (χ0n) is 19.9. The van der Waals surface area contributed by atoms with Gasteiger partial charge in [-0.3, -0.25) is 4.98 Å². The molecule has 4 rings (SSSR count). The fraction of sp³-hybridized carbons (Fsp3) is 0.310. The van der Waals surface area contributed by atoms with Crippen molar-refractivity contribution < 1.29 is 4.57 Å². The largest absolute Gasteiger partial charge is 0.256 e. The summed E-state index contributed by atoms with van der Waals surface area (Å²) in [6, 6.07) is 19.9. The normalized spacial score (nSPS) is 11.8. The van der Waals surface area contributed by atoms with Crippen LogP contribution in [0.4, 0.5) is 0 Å². The summed E-state index contributed by atoms with van der Waals surface area (Å²) < 4.78 is 2.33. The topological polar surface area (TPSA) is 16.8 Å². The second-order valence-electron chi connectivity index (χ2n) is 10.1. The van der Waals surface area contributed by atoms with Gasteiger partial charge in [-0.2, -0.15) is 4.57 Å². The molecule has 2 nitrogen and oxygen atoms in total. The van der Waals surface area contributed by atoms with E-state index in [0.717, 1.165) is 12.1 Å². The van der Waals surface area contributed by atoms with Gasteiger partial charge < -0.3 is 0 Å². The van der Waals surface area contributed by atoms with Gasteiger partial charge in [0.05, 0.1) is 16.8 Å². The van der Waals surface area contributed by atoms with Crippen molar-refractivity contribution in [3.63, 3.8) is 0 Å². The second kappa shape index (κ2) is 7.92. The van der Waals surface area contributed by atoms with Gasteiger partial charge in [0.2, 0.25) is 11.2 Å². The van der Waals surface area contributed by atoms with E-state index in [0.29, 0.717) is 0 Å². The summed E-state index contributed by atoms with van der Waals surface area (Å²) in [5.41, 5.74) is 11.4. The van der Waals surface area contributed by atoms with E-state index >= 15 is 0 Å². The summed E-state index contributed by atoms with van der Waals surface area (Å²) in [5, 5.41) is 1.23. The highest BCUT2D eigenvalue weighted by Crippen LogP contribution is 2.34. The van der Waals surface area contributed by atoms with Crippen molar-refractivity contribution in [1.82, 2.24) is 4.98 Å². The first-order valence-electron chi connectivity index (χ1n) is 11.1. The van der Waals surface area contributed by atoms with E-state index < -0.39 is 0 Å². The molecule has 4 aromatic rings. The predicted molar refractivity (Wildman–Crippen MR) is 131 cm³/mol. The minimum absolute atomic E-state index is 0.250. The van der Waals surface area contributed by atoms with Crippen LogP contribution in [-0.4, -0.2) is 4.98 Å². The van der Waals surface area contributed by atoms with Crippen LogP contribution in [0.2, 0.25) is 0 Å². The Morgan fingerprint density at radius 1 is 0.871 bits per heavy atom. The Morgan fingerprint density at radius 3 is 2.29 bits per heavy atom. The van der Waals surface area contributed by atoms with Gasteiger partial charge in [-0.15, -0.1) is 0 Å². The number of hydrogen-bond donors (Lipinski definition) is 0. The molecule has 0 unspecified atom stereocenters. The number of nitrogens with zero attached hydrogens (tertiary/aromatic N) is 2. The van der Waals surface area contributed by atoms with E-state index in [4.69, 9.17) is 4.98 Å². The summed E-state index contributed by atoms with van der Waals surface area (Å²) >= 11 is 0. The van der Waals surface area contributed by atoms with Crippen LogP contribution in [0.15, 0.2) is 60.8 Å². The quantitative estimate of drug-likeness (QED) is 0.336. The maximum Gasteiger partial charge on any atom is 0.222 e. The number of hydrogen-bond acceptors (Lipinski definition) is 1. The van der Waals surface area contributed by atoms with Crippen LogP contribution in [0.1, 0.15) is 43.0 Å². The monoisotopic (exact) mass is 409 g/mol. The highest BCUT2D eigenvalue weighted by molar-refractivity contribution is 5.88. The summed E-state index contributed by atoms with van der Waals surface area (Å²) in [5.74, 6) is 0. The maximum atomic E-state index is 4.93. The highest BCUT2D eigenvalue weighted by Gasteiger charge is 2.24. The molecule has 31 heavy (non-hydrogen) atoms. The Balaban J connectivity index is 1.98. The van der Waals surface area contributed by atoms with Gasteiger partial charge in [0.25, 0.3) is 0 Å². The lowest BCUT2D eigenvalue weighted by Crippen LogP contribution is -2.33. The number of para-hydroxylation sites is 1. The van der Waals surface area contributed by atoms with Crippen LogP contribution in [0.25, 0.3) is 33.4 Å². The van der Waals surface area contributed by atoms with Crippen LogP contribution in [0.5, 0.6) is 0 Å². The third-order valence-corrected chi connectivity index (χ3v) is 6.09. The average molecular weight is 410 g/mol. The zero-order chi connectivity index (χ0) is 22.3. The molecule has 2 aromatic carbocycles. The van der Waals surface area contributed by atoms with Crippen molar-refractivity contribution in [2.75, 3.05) is 0 Å². The molecule has 0 aliphatic heterocycles. The first-order valence-corrected chi connectivity index (χ1v) is 11.1. The molecule has 0 atom stereocenters. The van der Waals surface area contributed by atoms with Gasteiger partial charge in [0.1, 0.15) is 7.05 Å². The fourth-order valence-corrected chi connectivity index (χ4v) is 4.55. The standard InChI is InChI=1S/C29H33N2/c1-19-14-20(2)21(3)24(15-19)28-25(16-23-10-8-9-11-27(23)31(28)7)26-13-12-22(18-30-26)17-29(4,5)6/h8-16,18H,17H2,1-7H3/q+1. The van der Waals surface area contributed by atoms with E-state index in [9.17, 15) is 0 Å². The Morgan fingerprint density at radius 2 is 1.61 bits per heavy atom. The third kappa shape index (κ3) is 4.25. The first-order chi connectivity index (χ1) is 14.6. The Hall–Kier alpha value is -3.00. The van der Waals surface area contributed by atoms with Gasteiger partial charge in [-0.05, 0) is 73.6 Å². The van der Waals surface area contributed by atoms with Gasteiger partial charge in [0, 0.05) is 17.6 Å². The number of benzene rings is 2. The number of aryl methyl sites for hydroxylation is 3. The molecule has 0 aliphatic carbocycles. The smallest absolute Gasteiger partial charge is 0.222 e. The maximum absolute atomic E-state index is 4.93. The van der Waals surface area contributed by atoms with E-state index in [-0.39, 0.29) is 5.41 Å². The van der Waals surface area contributed by atoms with Crippen molar-refractivity contribution in [2.45, 2.75) is 48.0 Å². The summed E-state index contributed by atoms with van der Waals surface area (Å²) in [7, 11) is 2.17. The molecule has 0 fully saturated rings. The molecule has 0 bridgehead atoms. The first kappa shape index (κ1) is 21.2. The molecule has 0 N–H and O–H groups in total. The lowest BCUT2D eigenvalue weighted by molar-refractivity contribution is -0.633. The Labute approximate surface area is 186 Å². The van der Waals surface area contributed by atoms with Crippen molar-refractivity contribution in [2.24, 2.45) is 12.5 Å².